The average molecular weight is 306 g/mol. The molecule has 0 bridgehead atoms. The molecule has 3 fully saturated rings. The summed E-state index contributed by atoms with van der Waals surface area (Å²) in [5.41, 5.74) is 0.204. The van der Waals surface area contributed by atoms with Crippen LogP contribution in [0.1, 0.15) is 78.1 Å². The molecule has 3 saturated carbocycles. The van der Waals surface area contributed by atoms with E-state index >= 15 is 0 Å². The summed E-state index contributed by atoms with van der Waals surface area (Å²) in [6.07, 6.45) is 11.4. The highest BCUT2D eigenvalue weighted by Crippen LogP contribution is 2.53. The molecule has 0 saturated heterocycles. The van der Waals surface area contributed by atoms with Crippen molar-refractivity contribution in [2.75, 3.05) is 0 Å². The SMILES string of the molecule is C=C(C1CCCCC1)[C@H]1CC[C@@](C)(O)[C@H]2CC[C@](C)(O)[C@H]2C1. The van der Waals surface area contributed by atoms with E-state index in [2.05, 4.69) is 6.58 Å². The van der Waals surface area contributed by atoms with E-state index < -0.39 is 11.2 Å². The molecule has 0 aromatic heterocycles. The Morgan fingerprint density at radius 2 is 1.41 bits per heavy atom. The highest BCUT2D eigenvalue weighted by atomic mass is 16.3. The zero-order valence-electron chi connectivity index (χ0n) is 14.5. The van der Waals surface area contributed by atoms with Crippen LogP contribution in [0.25, 0.3) is 0 Å². The number of hydrogen-bond donors (Lipinski definition) is 2. The predicted octanol–water partition coefficient (Wildman–Crippen LogP) is 4.45. The summed E-state index contributed by atoms with van der Waals surface area (Å²) in [6.45, 7) is 8.47. The summed E-state index contributed by atoms with van der Waals surface area (Å²) in [5, 5.41) is 21.7. The molecule has 0 aromatic carbocycles. The minimum Gasteiger partial charge on any atom is -0.390 e. The molecule has 3 aliphatic carbocycles. The van der Waals surface area contributed by atoms with Crippen LogP contribution in [0.5, 0.6) is 0 Å². The van der Waals surface area contributed by atoms with Crippen LogP contribution in [-0.4, -0.2) is 21.4 Å². The lowest BCUT2D eigenvalue weighted by atomic mass is 9.73. The molecule has 0 spiro atoms. The van der Waals surface area contributed by atoms with Gasteiger partial charge in [-0.25, -0.2) is 0 Å². The Morgan fingerprint density at radius 1 is 0.818 bits per heavy atom. The van der Waals surface area contributed by atoms with Crippen molar-refractivity contribution >= 4 is 0 Å². The largest absolute Gasteiger partial charge is 0.390 e. The minimum atomic E-state index is -0.618. The van der Waals surface area contributed by atoms with E-state index in [1.54, 1.807) is 0 Å². The van der Waals surface area contributed by atoms with Crippen molar-refractivity contribution in [2.24, 2.45) is 23.7 Å². The second-order valence-corrected chi connectivity index (χ2v) is 8.85. The number of rotatable bonds is 2. The summed E-state index contributed by atoms with van der Waals surface area (Å²) in [7, 11) is 0. The molecule has 3 aliphatic rings. The Balaban J connectivity index is 1.77. The van der Waals surface area contributed by atoms with Gasteiger partial charge in [-0.1, -0.05) is 31.4 Å². The van der Waals surface area contributed by atoms with E-state index in [1.807, 2.05) is 13.8 Å². The third-order valence-electron chi connectivity index (χ3n) is 7.24. The molecular weight excluding hydrogens is 272 g/mol. The van der Waals surface area contributed by atoms with Crippen LogP contribution in [-0.2, 0) is 0 Å². The molecule has 0 radical (unpaired) electrons. The van der Waals surface area contributed by atoms with E-state index in [1.165, 1.54) is 37.7 Å². The first-order valence-electron chi connectivity index (χ1n) is 9.45. The van der Waals surface area contributed by atoms with Crippen LogP contribution in [0, 0.1) is 23.7 Å². The van der Waals surface area contributed by atoms with E-state index in [9.17, 15) is 10.2 Å². The molecule has 0 amide bonds. The average Bonchev–Trinajstić information content (AvgIpc) is 2.70. The van der Waals surface area contributed by atoms with Crippen molar-refractivity contribution in [3.63, 3.8) is 0 Å². The Kier molecular flexibility index (Phi) is 4.46. The molecule has 2 heteroatoms. The first-order chi connectivity index (χ1) is 10.3. The Morgan fingerprint density at radius 3 is 2.09 bits per heavy atom. The summed E-state index contributed by atoms with van der Waals surface area (Å²) in [5.74, 6) is 1.67. The summed E-state index contributed by atoms with van der Waals surface area (Å²) >= 11 is 0. The van der Waals surface area contributed by atoms with Gasteiger partial charge in [-0.15, -0.1) is 0 Å². The maximum atomic E-state index is 10.9. The first kappa shape index (κ1) is 16.5. The standard InChI is InChI=1S/C20H34O2/c1-14(15-7-5-4-6-8-15)16-9-11-19(2,21)17-10-12-20(3,22)18(17)13-16/h15-18,21-22H,1,4-13H2,2-3H3/t16-,17-,18-,19+,20-/m0/s1. The van der Waals surface area contributed by atoms with Crippen molar-refractivity contribution in [3.05, 3.63) is 12.2 Å². The fourth-order valence-corrected chi connectivity index (χ4v) is 5.65. The Hall–Kier alpha value is -0.340. The van der Waals surface area contributed by atoms with Crippen LogP contribution in [0.3, 0.4) is 0 Å². The minimum absolute atomic E-state index is 0.232. The number of allylic oxidation sites excluding steroid dienone is 1. The number of fused-ring (bicyclic) bond motifs is 1. The van der Waals surface area contributed by atoms with Gasteiger partial charge in [-0.2, -0.15) is 0 Å². The second kappa shape index (κ2) is 5.94. The molecular formula is C20H34O2. The number of hydrogen-bond acceptors (Lipinski definition) is 2. The van der Waals surface area contributed by atoms with Gasteiger partial charge in [0.25, 0.3) is 0 Å². The second-order valence-electron chi connectivity index (χ2n) is 8.85. The van der Waals surface area contributed by atoms with Crippen LogP contribution in [0.4, 0.5) is 0 Å². The molecule has 2 nitrogen and oxygen atoms in total. The van der Waals surface area contributed by atoms with Gasteiger partial charge >= 0.3 is 0 Å². The predicted molar refractivity (Wildman–Crippen MR) is 90.5 cm³/mol. The maximum Gasteiger partial charge on any atom is 0.0651 e. The molecule has 3 rings (SSSR count). The zero-order chi connectivity index (χ0) is 16.0. The van der Waals surface area contributed by atoms with Gasteiger partial charge in [0.2, 0.25) is 0 Å². The summed E-state index contributed by atoms with van der Waals surface area (Å²) in [4.78, 5) is 0. The Bertz CT molecular complexity index is 417. The normalized spacial score (nSPS) is 47.0. The molecule has 0 aliphatic heterocycles. The van der Waals surface area contributed by atoms with Gasteiger partial charge < -0.3 is 10.2 Å². The number of aliphatic hydroxyl groups is 2. The summed E-state index contributed by atoms with van der Waals surface area (Å²) < 4.78 is 0. The maximum absolute atomic E-state index is 10.9. The van der Waals surface area contributed by atoms with Crippen LogP contribution in [0.2, 0.25) is 0 Å². The van der Waals surface area contributed by atoms with Crippen molar-refractivity contribution < 1.29 is 10.2 Å². The summed E-state index contributed by atoms with van der Waals surface area (Å²) in [6, 6.07) is 0. The first-order valence-corrected chi connectivity index (χ1v) is 9.45. The van der Waals surface area contributed by atoms with Gasteiger partial charge in [0.15, 0.2) is 0 Å². The lowest BCUT2D eigenvalue weighted by Gasteiger charge is -2.36. The molecule has 126 valence electrons. The van der Waals surface area contributed by atoms with Gasteiger partial charge in [0.05, 0.1) is 11.2 Å². The van der Waals surface area contributed by atoms with Crippen molar-refractivity contribution in [2.45, 2.75) is 89.3 Å². The van der Waals surface area contributed by atoms with Crippen molar-refractivity contribution in [1.82, 2.24) is 0 Å². The lowest BCUT2D eigenvalue weighted by Crippen LogP contribution is -2.40. The fourth-order valence-electron chi connectivity index (χ4n) is 5.65. The van der Waals surface area contributed by atoms with Crippen LogP contribution in [0.15, 0.2) is 12.2 Å². The van der Waals surface area contributed by atoms with Crippen LogP contribution < -0.4 is 0 Å². The van der Waals surface area contributed by atoms with Gasteiger partial charge in [0.1, 0.15) is 0 Å². The Labute approximate surface area is 136 Å². The van der Waals surface area contributed by atoms with E-state index in [0.29, 0.717) is 11.8 Å². The molecule has 22 heavy (non-hydrogen) atoms. The van der Waals surface area contributed by atoms with Gasteiger partial charge in [-0.3, -0.25) is 0 Å². The highest BCUT2D eigenvalue weighted by Gasteiger charge is 2.53. The quantitative estimate of drug-likeness (QED) is 0.740. The molecule has 0 aromatic rings. The lowest BCUT2D eigenvalue weighted by molar-refractivity contribution is -0.0540. The van der Waals surface area contributed by atoms with Crippen molar-refractivity contribution in [1.29, 1.82) is 0 Å². The third-order valence-corrected chi connectivity index (χ3v) is 7.24. The monoisotopic (exact) mass is 306 g/mol. The topological polar surface area (TPSA) is 40.5 Å². The highest BCUT2D eigenvalue weighted by molar-refractivity contribution is 5.12. The van der Waals surface area contributed by atoms with Gasteiger partial charge in [-0.05, 0) is 82.5 Å². The zero-order valence-corrected chi connectivity index (χ0v) is 14.5. The van der Waals surface area contributed by atoms with Gasteiger partial charge in [0, 0.05) is 0 Å². The van der Waals surface area contributed by atoms with E-state index in [4.69, 9.17) is 0 Å². The van der Waals surface area contributed by atoms with E-state index in [0.717, 1.165) is 32.1 Å². The van der Waals surface area contributed by atoms with Crippen molar-refractivity contribution in [3.8, 4) is 0 Å². The molecule has 0 heterocycles. The van der Waals surface area contributed by atoms with E-state index in [-0.39, 0.29) is 11.8 Å². The van der Waals surface area contributed by atoms with Crippen LogP contribution >= 0.6 is 0 Å². The fraction of sp³-hybridized carbons (Fsp3) is 0.900. The smallest absolute Gasteiger partial charge is 0.0651 e. The third kappa shape index (κ3) is 3.01. The molecule has 0 unspecified atom stereocenters. The molecule has 5 atom stereocenters. The molecule has 2 N–H and O–H groups in total.